The molecule has 19 heavy (non-hydrogen) atoms. The number of carbonyl (C=O) groups excluding carboxylic acids is 1. The van der Waals surface area contributed by atoms with Gasteiger partial charge in [0.1, 0.15) is 17.4 Å². The number of hydrogen-bond acceptors (Lipinski definition) is 4. The zero-order valence-corrected chi connectivity index (χ0v) is 11.2. The van der Waals surface area contributed by atoms with Crippen LogP contribution in [-0.2, 0) is 9.53 Å². The third kappa shape index (κ3) is 2.49. The molecule has 2 rings (SSSR count). The van der Waals surface area contributed by atoms with E-state index in [1.54, 1.807) is 27.0 Å². The first-order valence-electron chi connectivity index (χ1n) is 6.06. The fourth-order valence-electron chi connectivity index (χ4n) is 2.34. The Hall–Kier alpha value is -1.82. The Morgan fingerprint density at radius 3 is 2.58 bits per heavy atom. The number of carbonyl (C=O) groups is 2. The summed E-state index contributed by atoms with van der Waals surface area (Å²) in [6, 6.07) is 1.22. The van der Waals surface area contributed by atoms with E-state index < -0.39 is 17.9 Å². The van der Waals surface area contributed by atoms with Crippen LogP contribution in [0, 0.1) is 19.8 Å². The lowest BCUT2D eigenvalue weighted by Crippen LogP contribution is -2.44. The summed E-state index contributed by atoms with van der Waals surface area (Å²) in [5.74, 6) is -0.660. The summed E-state index contributed by atoms with van der Waals surface area (Å²) in [6.45, 7) is 3.87. The molecule has 6 heteroatoms. The van der Waals surface area contributed by atoms with E-state index in [1.807, 2.05) is 0 Å². The number of amides is 1. The Bertz CT molecular complexity index is 507. The lowest BCUT2D eigenvalue weighted by Gasteiger charge is -2.26. The minimum absolute atomic E-state index is 0.140. The number of aryl methyl sites for hydroxylation is 2. The Kier molecular flexibility index (Phi) is 3.61. The average Bonchev–Trinajstić information content (AvgIpc) is 2.93. The molecule has 1 N–H and O–H groups in total. The summed E-state index contributed by atoms with van der Waals surface area (Å²) in [5.41, 5.74) is 0.469. The van der Waals surface area contributed by atoms with Gasteiger partial charge in [-0.05, 0) is 19.9 Å². The maximum absolute atomic E-state index is 12.4. The largest absolute Gasteiger partial charge is 0.481 e. The van der Waals surface area contributed by atoms with Crippen LogP contribution in [0.1, 0.15) is 21.9 Å². The van der Waals surface area contributed by atoms with E-state index in [2.05, 4.69) is 0 Å². The van der Waals surface area contributed by atoms with E-state index in [9.17, 15) is 9.59 Å². The van der Waals surface area contributed by atoms with Gasteiger partial charge < -0.3 is 19.2 Å². The number of aliphatic carboxylic acids is 1. The minimum Gasteiger partial charge on any atom is -0.481 e. The van der Waals surface area contributed by atoms with Crippen molar-refractivity contribution in [3.8, 4) is 0 Å². The molecule has 1 saturated heterocycles. The van der Waals surface area contributed by atoms with Crippen molar-refractivity contribution in [1.29, 1.82) is 0 Å². The van der Waals surface area contributed by atoms with Gasteiger partial charge in [-0.25, -0.2) is 0 Å². The number of hydrogen-bond donors (Lipinski definition) is 1. The maximum atomic E-state index is 12.4. The number of carboxylic acid groups (broad SMARTS) is 1. The smallest absolute Gasteiger partial charge is 0.311 e. The van der Waals surface area contributed by atoms with Crippen molar-refractivity contribution in [2.75, 3.05) is 20.3 Å². The molecule has 2 atom stereocenters. The second-order valence-corrected chi connectivity index (χ2v) is 4.79. The Morgan fingerprint density at radius 2 is 2.05 bits per heavy atom. The van der Waals surface area contributed by atoms with Gasteiger partial charge >= 0.3 is 5.97 Å². The predicted octanol–water partition coefficient (Wildman–Crippen LogP) is 1.07. The standard InChI is InChI=1S/C13H17NO5/c1-7-4-9(8(2)19-7)12(15)14(3)11-6-18-5-10(11)13(16)17/h4,10-11H,5-6H2,1-3H3,(H,16,17). The molecular formula is C13H17NO5. The average molecular weight is 267 g/mol. The Balaban J connectivity index is 2.19. The van der Waals surface area contributed by atoms with E-state index in [0.717, 1.165) is 0 Å². The fourth-order valence-corrected chi connectivity index (χ4v) is 2.34. The van der Waals surface area contributed by atoms with Crippen molar-refractivity contribution in [3.63, 3.8) is 0 Å². The molecule has 1 aromatic rings. The molecule has 2 unspecified atom stereocenters. The third-order valence-corrected chi connectivity index (χ3v) is 3.46. The second-order valence-electron chi connectivity index (χ2n) is 4.79. The molecule has 1 amide bonds. The van der Waals surface area contributed by atoms with E-state index in [1.165, 1.54) is 4.90 Å². The summed E-state index contributed by atoms with van der Waals surface area (Å²) in [6.07, 6.45) is 0. The van der Waals surface area contributed by atoms with Gasteiger partial charge in [-0.2, -0.15) is 0 Å². The van der Waals surface area contributed by atoms with Crippen LogP contribution in [0.3, 0.4) is 0 Å². The highest BCUT2D eigenvalue weighted by molar-refractivity contribution is 5.95. The van der Waals surface area contributed by atoms with Crippen molar-refractivity contribution < 1.29 is 23.8 Å². The normalized spacial score (nSPS) is 22.5. The van der Waals surface area contributed by atoms with E-state index in [0.29, 0.717) is 17.1 Å². The summed E-state index contributed by atoms with van der Waals surface area (Å²) >= 11 is 0. The molecule has 0 spiro atoms. The van der Waals surface area contributed by atoms with Crippen molar-refractivity contribution >= 4 is 11.9 Å². The van der Waals surface area contributed by atoms with E-state index in [-0.39, 0.29) is 19.1 Å². The minimum atomic E-state index is -0.942. The number of likely N-dealkylation sites (N-methyl/N-ethyl adjacent to an activating group) is 1. The van der Waals surface area contributed by atoms with Crippen LogP contribution in [-0.4, -0.2) is 48.2 Å². The number of ether oxygens (including phenoxy) is 1. The fraction of sp³-hybridized carbons (Fsp3) is 0.538. The molecule has 2 heterocycles. The Morgan fingerprint density at radius 1 is 1.37 bits per heavy atom. The first-order chi connectivity index (χ1) is 8.91. The van der Waals surface area contributed by atoms with Gasteiger partial charge in [0.25, 0.3) is 5.91 Å². The van der Waals surface area contributed by atoms with Gasteiger partial charge in [-0.3, -0.25) is 9.59 Å². The van der Waals surface area contributed by atoms with Crippen LogP contribution >= 0.6 is 0 Å². The molecule has 104 valence electrons. The van der Waals surface area contributed by atoms with Crippen LogP contribution in [0.2, 0.25) is 0 Å². The van der Waals surface area contributed by atoms with Gasteiger partial charge in [0.2, 0.25) is 0 Å². The van der Waals surface area contributed by atoms with Gasteiger partial charge in [0.05, 0.1) is 24.8 Å². The number of nitrogens with zero attached hydrogens (tertiary/aromatic N) is 1. The molecule has 0 aliphatic carbocycles. The number of rotatable bonds is 3. The number of carboxylic acids is 1. The van der Waals surface area contributed by atoms with Crippen LogP contribution < -0.4 is 0 Å². The molecule has 6 nitrogen and oxygen atoms in total. The highest BCUT2D eigenvalue weighted by Gasteiger charge is 2.39. The van der Waals surface area contributed by atoms with Crippen LogP contribution in [0.15, 0.2) is 10.5 Å². The SMILES string of the molecule is Cc1cc(C(=O)N(C)C2COCC2C(=O)O)c(C)o1. The van der Waals surface area contributed by atoms with Crippen molar-refractivity contribution in [1.82, 2.24) is 4.90 Å². The van der Waals surface area contributed by atoms with Crippen LogP contribution in [0.25, 0.3) is 0 Å². The van der Waals surface area contributed by atoms with Crippen LogP contribution in [0.4, 0.5) is 0 Å². The van der Waals surface area contributed by atoms with Gasteiger partial charge in [-0.1, -0.05) is 0 Å². The summed E-state index contributed by atoms with van der Waals surface area (Å²) in [7, 11) is 1.60. The summed E-state index contributed by atoms with van der Waals surface area (Å²) in [4.78, 5) is 24.9. The summed E-state index contributed by atoms with van der Waals surface area (Å²) in [5, 5.41) is 9.11. The monoisotopic (exact) mass is 267 g/mol. The van der Waals surface area contributed by atoms with Gasteiger partial charge in [-0.15, -0.1) is 0 Å². The molecule has 0 aromatic carbocycles. The molecule has 0 radical (unpaired) electrons. The molecule has 0 saturated carbocycles. The van der Waals surface area contributed by atoms with Gasteiger partial charge in [0.15, 0.2) is 0 Å². The van der Waals surface area contributed by atoms with Gasteiger partial charge in [0, 0.05) is 7.05 Å². The predicted molar refractivity (Wildman–Crippen MR) is 66.0 cm³/mol. The molecule has 0 bridgehead atoms. The topological polar surface area (TPSA) is 80.0 Å². The van der Waals surface area contributed by atoms with Crippen molar-refractivity contribution in [2.45, 2.75) is 19.9 Å². The maximum Gasteiger partial charge on any atom is 0.311 e. The van der Waals surface area contributed by atoms with Crippen molar-refractivity contribution in [3.05, 3.63) is 23.2 Å². The lowest BCUT2D eigenvalue weighted by atomic mass is 10.0. The molecular weight excluding hydrogens is 250 g/mol. The van der Waals surface area contributed by atoms with E-state index in [4.69, 9.17) is 14.3 Å². The first kappa shape index (κ1) is 13.6. The highest BCUT2D eigenvalue weighted by atomic mass is 16.5. The lowest BCUT2D eigenvalue weighted by molar-refractivity contribution is -0.142. The molecule has 1 aliphatic rings. The van der Waals surface area contributed by atoms with E-state index >= 15 is 0 Å². The molecule has 1 aromatic heterocycles. The highest BCUT2D eigenvalue weighted by Crippen LogP contribution is 2.22. The zero-order chi connectivity index (χ0) is 14.2. The molecule has 1 aliphatic heterocycles. The number of furan rings is 1. The quantitative estimate of drug-likeness (QED) is 0.886. The zero-order valence-electron chi connectivity index (χ0n) is 11.2. The van der Waals surface area contributed by atoms with Crippen LogP contribution in [0.5, 0.6) is 0 Å². The third-order valence-electron chi connectivity index (χ3n) is 3.46. The van der Waals surface area contributed by atoms with Crippen molar-refractivity contribution in [2.24, 2.45) is 5.92 Å². The Labute approximate surface area is 110 Å². The second kappa shape index (κ2) is 5.05. The first-order valence-corrected chi connectivity index (χ1v) is 6.06. The molecule has 1 fully saturated rings. The summed E-state index contributed by atoms with van der Waals surface area (Å²) < 4.78 is 10.5.